The predicted octanol–water partition coefficient (Wildman–Crippen LogP) is 1.22. The number of carbonyl (C=O) groups excluding carboxylic acids is 1. The number of carbonyl (C=O) groups is 1. The Kier molecular flexibility index (Phi) is 5.93. The summed E-state index contributed by atoms with van der Waals surface area (Å²) in [6.07, 6.45) is 1.76. The maximum absolute atomic E-state index is 12.5. The summed E-state index contributed by atoms with van der Waals surface area (Å²) in [6.45, 7) is 6.79. The highest BCUT2D eigenvalue weighted by Gasteiger charge is 2.22. The Morgan fingerprint density at radius 3 is 2.63 bits per heavy atom. The summed E-state index contributed by atoms with van der Waals surface area (Å²) < 4.78 is 6.82. The van der Waals surface area contributed by atoms with Crippen LogP contribution in [0.25, 0.3) is 11.4 Å². The van der Waals surface area contributed by atoms with Gasteiger partial charge in [-0.2, -0.15) is 4.98 Å². The minimum absolute atomic E-state index is 0.0871. The van der Waals surface area contributed by atoms with Gasteiger partial charge in [-0.3, -0.25) is 4.79 Å². The summed E-state index contributed by atoms with van der Waals surface area (Å²) in [7, 11) is 1.76. The van der Waals surface area contributed by atoms with Crippen molar-refractivity contribution >= 4 is 23.5 Å². The number of pyridine rings is 1. The molecule has 3 aromatic rings. The number of aromatic nitrogens is 7. The van der Waals surface area contributed by atoms with Crippen molar-refractivity contribution in [3.63, 3.8) is 0 Å². The highest BCUT2D eigenvalue weighted by molar-refractivity contribution is 7.99. The molecule has 0 N–H and O–H groups in total. The Labute approximate surface area is 177 Å². The van der Waals surface area contributed by atoms with Crippen LogP contribution < -0.4 is 4.90 Å². The van der Waals surface area contributed by atoms with Crippen LogP contribution in [0.4, 0.5) is 5.82 Å². The number of hydrogen-bond donors (Lipinski definition) is 0. The third-order valence-corrected chi connectivity index (χ3v) is 5.80. The number of aryl methyl sites for hydroxylation is 1. The van der Waals surface area contributed by atoms with Gasteiger partial charge in [-0.1, -0.05) is 30.8 Å². The van der Waals surface area contributed by atoms with Crippen molar-refractivity contribution in [3.05, 3.63) is 24.2 Å². The van der Waals surface area contributed by atoms with E-state index in [1.807, 2.05) is 30.9 Å². The van der Waals surface area contributed by atoms with E-state index in [0.29, 0.717) is 35.7 Å². The first-order chi connectivity index (χ1) is 14.5. The molecule has 1 fully saturated rings. The molecule has 1 aliphatic heterocycles. The van der Waals surface area contributed by atoms with Crippen LogP contribution in [0.2, 0.25) is 0 Å². The van der Waals surface area contributed by atoms with Crippen molar-refractivity contribution in [2.24, 2.45) is 7.05 Å². The fourth-order valence-corrected chi connectivity index (χ4v) is 3.79. The smallest absolute Gasteiger partial charge is 0.233 e. The zero-order valence-electron chi connectivity index (χ0n) is 17.1. The number of thioether (sulfide) groups is 1. The molecule has 0 spiro atoms. The van der Waals surface area contributed by atoms with Gasteiger partial charge in [-0.15, -0.1) is 5.10 Å². The first kappa shape index (κ1) is 20.3. The minimum atomic E-state index is 0.0871. The maximum Gasteiger partial charge on any atom is 0.233 e. The lowest BCUT2D eigenvalue weighted by Crippen LogP contribution is -2.49. The number of hydrogen-bond acceptors (Lipinski definition) is 10. The quantitative estimate of drug-likeness (QED) is 0.529. The van der Waals surface area contributed by atoms with Gasteiger partial charge in [0.1, 0.15) is 5.82 Å². The first-order valence-electron chi connectivity index (χ1n) is 9.69. The molecule has 1 saturated heterocycles. The average Bonchev–Trinajstić information content (AvgIpc) is 3.42. The van der Waals surface area contributed by atoms with Crippen LogP contribution in [-0.2, 0) is 11.8 Å². The molecule has 0 radical (unpaired) electrons. The summed E-state index contributed by atoms with van der Waals surface area (Å²) in [6, 6.07) is 3.90. The van der Waals surface area contributed by atoms with Crippen LogP contribution in [0.5, 0.6) is 0 Å². The Hall–Kier alpha value is -3.02. The molecule has 1 amide bonds. The average molecular weight is 430 g/mol. The summed E-state index contributed by atoms with van der Waals surface area (Å²) in [4.78, 5) is 25.5. The zero-order valence-corrected chi connectivity index (χ0v) is 17.9. The van der Waals surface area contributed by atoms with E-state index in [9.17, 15) is 4.79 Å². The van der Waals surface area contributed by atoms with E-state index in [2.05, 4.69) is 35.5 Å². The molecule has 0 aliphatic carbocycles. The molecule has 3 aromatic heterocycles. The first-order valence-corrected chi connectivity index (χ1v) is 10.7. The Morgan fingerprint density at radius 1 is 1.23 bits per heavy atom. The largest absolute Gasteiger partial charge is 0.353 e. The van der Waals surface area contributed by atoms with Crippen LogP contribution in [0.1, 0.15) is 25.7 Å². The van der Waals surface area contributed by atoms with Gasteiger partial charge in [-0.25, -0.2) is 9.67 Å². The number of anilines is 1. The highest BCUT2D eigenvalue weighted by Crippen LogP contribution is 2.22. The molecule has 12 heteroatoms. The fourth-order valence-electron chi connectivity index (χ4n) is 3.04. The van der Waals surface area contributed by atoms with Gasteiger partial charge in [0.05, 0.1) is 5.75 Å². The van der Waals surface area contributed by atoms with Crippen LogP contribution in [0, 0.1) is 0 Å². The van der Waals surface area contributed by atoms with Crippen LogP contribution in [0.15, 0.2) is 28.0 Å². The summed E-state index contributed by atoms with van der Waals surface area (Å²) in [5.74, 6) is 2.63. The summed E-state index contributed by atoms with van der Waals surface area (Å²) in [5.41, 5.74) is 0.818. The molecule has 158 valence electrons. The Balaban J connectivity index is 1.30. The zero-order chi connectivity index (χ0) is 21.1. The van der Waals surface area contributed by atoms with Gasteiger partial charge >= 0.3 is 0 Å². The van der Waals surface area contributed by atoms with Crippen molar-refractivity contribution < 1.29 is 9.32 Å². The molecule has 0 atom stereocenters. The Morgan fingerprint density at radius 2 is 2.03 bits per heavy atom. The topological polar surface area (TPSA) is 119 Å². The number of nitrogens with zero attached hydrogens (tertiary/aromatic N) is 9. The normalized spacial score (nSPS) is 14.5. The van der Waals surface area contributed by atoms with Crippen LogP contribution >= 0.6 is 11.8 Å². The van der Waals surface area contributed by atoms with Gasteiger partial charge in [-0.05, 0) is 22.6 Å². The third-order valence-electron chi connectivity index (χ3n) is 4.80. The van der Waals surface area contributed by atoms with E-state index >= 15 is 0 Å². The van der Waals surface area contributed by atoms with Gasteiger partial charge in [0.2, 0.25) is 22.8 Å². The van der Waals surface area contributed by atoms with E-state index in [0.717, 1.165) is 24.5 Å². The molecule has 1 aliphatic rings. The molecule has 0 unspecified atom stereocenters. The van der Waals surface area contributed by atoms with Crippen molar-refractivity contribution in [2.75, 3.05) is 36.8 Å². The molecule has 30 heavy (non-hydrogen) atoms. The van der Waals surface area contributed by atoms with Crippen LogP contribution in [0.3, 0.4) is 0 Å². The monoisotopic (exact) mass is 429 g/mol. The lowest BCUT2D eigenvalue weighted by Gasteiger charge is -2.35. The van der Waals surface area contributed by atoms with Gasteiger partial charge < -0.3 is 14.3 Å². The van der Waals surface area contributed by atoms with E-state index < -0.39 is 0 Å². The fraction of sp³-hybridized carbons (Fsp3) is 0.500. The number of tetrazole rings is 1. The number of amides is 1. The maximum atomic E-state index is 12.5. The molecule has 0 bridgehead atoms. The molecule has 4 rings (SSSR count). The lowest BCUT2D eigenvalue weighted by atomic mass is 10.2. The second-order valence-electron chi connectivity index (χ2n) is 7.26. The second-order valence-corrected chi connectivity index (χ2v) is 8.20. The van der Waals surface area contributed by atoms with Gasteiger partial charge in [0, 0.05) is 50.9 Å². The molecular formula is C18H23N9O2S. The number of piperazine rings is 1. The van der Waals surface area contributed by atoms with Crippen LogP contribution in [-0.4, -0.2) is 78.1 Å². The standard InChI is InChI=1S/C18H23N9O2S/c1-12(2)17-20-16(22-29-17)13-4-5-14(19-10-13)26-6-8-27(9-7-26)15(28)11-30-18-21-23-24-25(18)3/h4-5,10,12H,6-9,11H2,1-3H3. The third kappa shape index (κ3) is 4.42. The summed E-state index contributed by atoms with van der Waals surface area (Å²) >= 11 is 1.35. The van der Waals surface area contributed by atoms with E-state index in [1.165, 1.54) is 11.8 Å². The second kappa shape index (κ2) is 8.78. The highest BCUT2D eigenvalue weighted by atomic mass is 32.2. The van der Waals surface area contributed by atoms with Crippen molar-refractivity contribution in [3.8, 4) is 11.4 Å². The van der Waals surface area contributed by atoms with Crippen molar-refractivity contribution in [2.45, 2.75) is 24.9 Å². The predicted molar refractivity (Wildman–Crippen MR) is 110 cm³/mol. The SMILES string of the molecule is CC(C)c1nc(-c2ccc(N3CCN(C(=O)CSc4nnnn4C)CC3)nc2)no1. The molecular weight excluding hydrogens is 406 g/mol. The van der Waals surface area contributed by atoms with E-state index in [1.54, 1.807) is 17.9 Å². The minimum Gasteiger partial charge on any atom is -0.353 e. The number of rotatable bonds is 6. The summed E-state index contributed by atoms with van der Waals surface area (Å²) in [5, 5.41) is 15.9. The molecule has 0 saturated carbocycles. The van der Waals surface area contributed by atoms with E-state index in [-0.39, 0.29) is 11.8 Å². The molecule has 4 heterocycles. The molecule has 11 nitrogen and oxygen atoms in total. The van der Waals surface area contributed by atoms with Crippen molar-refractivity contribution in [1.29, 1.82) is 0 Å². The molecule has 0 aromatic carbocycles. The van der Waals surface area contributed by atoms with Gasteiger partial charge in [0.25, 0.3) is 0 Å². The lowest BCUT2D eigenvalue weighted by molar-refractivity contribution is -0.128. The van der Waals surface area contributed by atoms with Crippen molar-refractivity contribution in [1.82, 2.24) is 40.2 Å². The van der Waals surface area contributed by atoms with E-state index in [4.69, 9.17) is 4.52 Å². The van der Waals surface area contributed by atoms with Gasteiger partial charge in [0.15, 0.2) is 0 Å². The Bertz CT molecular complexity index is 993.